The van der Waals surface area contributed by atoms with Crippen LogP contribution in [0.5, 0.6) is 17.2 Å². The number of methoxy groups -OCH3 is 2. The molecule has 0 saturated heterocycles. The molecule has 2 aromatic carbocycles. The number of nitrogens with zero attached hydrogens (tertiary/aromatic N) is 2. The van der Waals surface area contributed by atoms with Gasteiger partial charge in [0, 0.05) is 6.07 Å². The molecule has 0 bridgehead atoms. The summed E-state index contributed by atoms with van der Waals surface area (Å²) in [6.45, 7) is 0. The third-order valence-electron chi connectivity index (χ3n) is 3.45. The fourth-order valence-electron chi connectivity index (χ4n) is 2.16. The fraction of sp³-hybridized carbons (Fsp3) is 0.188. The Hall–Kier alpha value is -3.76. The van der Waals surface area contributed by atoms with Gasteiger partial charge < -0.3 is 14.2 Å². The van der Waals surface area contributed by atoms with Crippen molar-refractivity contribution >= 4 is 17.3 Å². The molecule has 0 spiro atoms. The molecule has 27 heavy (non-hydrogen) atoms. The van der Waals surface area contributed by atoms with Gasteiger partial charge in [-0.25, -0.2) is 0 Å². The first-order chi connectivity index (χ1) is 12.8. The van der Waals surface area contributed by atoms with Crippen LogP contribution >= 0.6 is 0 Å². The number of nitro benzene ring substituents is 2. The number of benzene rings is 2. The predicted octanol–water partition coefficient (Wildman–Crippen LogP) is 3.16. The van der Waals surface area contributed by atoms with Crippen molar-refractivity contribution in [3.05, 3.63) is 61.9 Å². The van der Waals surface area contributed by atoms with Crippen molar-refractivity contribution in [2.75, 3.05) is 14.2 Å². The van der Waals surface area contributed by atoms with Crippen LogP contribution in [-0.4, -0.2) is 30.0 Å². The summed E-state index contributed by atoms with van der Waals surface area (Å²) in [5.41, 5.74) is -1.31. The van der Waals surface area contributed by atoms with Crippen LogP contribution in [0.15, 0.2) is 30.3 Å². The summed E-state index contributed by atoms with van der Waals surface area (Å²) in [6.07, 6.45) is -0.0422. The van der Waals surface area contributed by atoms with Crippen molar-refractivity contribution in [1.29, 1.82) is 0 Å². The van der Waals surface area contributed by atoms with E-state index in [0.717, 1.165) is 0 Å². The fourth-order valence-corrected chi connectivity index (χ4v) is 2.16. The Morgan fingerprint density at radius 3 is 2.22 bits per heavy atom. The van der Waals surface area contributed by atoms with Gasteiger partial charge in [0.15, 0.2) is 11.5 Å². The van der Waals surface area contributed by atoms with Crippen LogP contribution in [0, 0.1) is 26.0 Å². The molecule has 0 heterocycles. The van der Waals surface area contributed by atoms with E-state index in [1.807, 2.05) is 0 Å². The highest BCUT2D eigenvalue weighted by atomic mass is 19.1. The van der Waals surface area contributed by atoms with Crippen molar-refractivity contribution in [2.45, 2.75) is 6.42 Å². The minimum atomic E-state index is -1.29. The SMILES string of the molecule is COC(=O)Cc1ccc(Oc2cc(F)c([N+](=O)[O-])cc2[N+](=O)[O-])c(OC)c1. The molecule has 10 nitrogen and oxygen atoms in total. The molecular weight excluding hydrogens is 367 g/mol. The average Bonchev–Trinajstić information content (AvgIpc) is 2.62. The highest BCUT2D eigenvalue weighted by Crippen LogP contribution is 2.39. The Kier molecular flexibility index (Phi) is 5.85. The third-order valence-corrected chi connectivity index (χ3v) is 3.45. The van der Waals surface area contributed by atoms with Crippen molar-refractivity contribution in [3.63, 3.8) is 0 Å². The van der Waals surface area contributed by atoms with E-state index in [0.29, 0.717) is 17.7 Å². The first kappa shape index (κ1) is 19.6. The van der Waals surface area contributed by atoms with Gasteiger partial charge >= 0.3 is 17.3 Å². The third kappa shape index (κ3) is 4.45. The standard InChI is InChI=1S/C16H13FN2O8/c1-25-15-5-9(6-16(20)26-2)3-4-13(15)27-14-7-10(17)11(18(21)22)8-12(14)19(23)24/h3-5,7-8H,6H2,1-2H3. The van der Waals surface area contributed by atoms with Gasteiger partial charge in [-0.1, -0.05) is 6.07 Å². The average molecular weight is 380 g/mol. The number of rotatable bonds is 7. The number of hydrogen-bond donors (Lipinski definition) is 0. The molecule has 0 aliphatic rings. The van der Waals surface area contributed by atoms with Crippen LogP contribution in [0.1, 0.15) is 5.56 Å². The minimum Gasteiger partial charge on any atom is -0.493 e. The summed E-state index contributed by atoms with van der Waals surface area (Å²) in [5, 5.41) is 21.9. The van der Waals surface area contributed by atoms with Crippen molar-refractivity contribution in [3.8, 4) is 17.2 Å². The molecule has 0 atom stereocenters. The van der Waals surface area contributed by atoms with Crippen LogP contribution in [0.2, 0.25) is 0 Å². The molecule has 2 aromatic rings. The molecule has 142 valence electrons. The molecule has 0 aliphatic heterocycles. The van der Waals surface area contributed by atoms with E-state index < -0.39 is 38.8 Å². The molecule has 0 aromatic heterocycles. The molecule has 0 unspecified atom stereocenters. The summed E-state index contributed by atoms with van der Waals surface area (Å²) < 4.78 is 28.9. The zero-order valence-electron chi connectivity index (χ0n) is 14.1. The van der Waals surface area contributed by atoms with E-state index in [2.05, 4.69) is 4.74 Å². The number of halogens is 1. The summed E-state index contributed by atoms with van der Waals surface area (Å²) in [5.74, 6) is -2.21. The highest BCUT2D eigenvalue weighted by Gasteiger charge is 2.27. The summed E-state index contributed by atoms with van der Waals surface area (Å²) in [6, 6.07) is 5.32. The van der Waals surface area contributed by atoms with E-state index >= 15 is 0 Å². The normalized spacial score (nSPS) is 10.2. The van der Waals surface area contributed by atoms with Gasteiger partial charge in [0.25, 0.3) is 0 Å². The van der Waals surface area contributed by atoms with E-state index in [1.54, 1.807) is 0 Å². The summed E-state index contributed by atoms with van der Waals surface area (Å²) >= 11 is 0. The Balaban J connectivity index is 2.44. The minimum absolute atomic E-state index is 0.0116. The van der Waals surface area contributed by atoms with Crippen LogP contribution in [0.4, 0.5) is 15.8 Å². The number of esters is 1. The van der Waals surface area contributed by atoms with E-state index in [-0.39, 0.29) is 17.9 Å². The molecule has 11 heteroatoms. The lowest BCUT2D eigenvalue weighted by atomic mass is 10.1. The second-order valence-electron chi connectivity index (χ2n) is 5.13. The molecule has 0 aliphatic carbocycles. The number of hydrogen-bond acceptors (Lipinski definition) is 8. The highest BCUT2D eigenvalue weighted by molar-refractivity contribution is 5.72. The quantitative estimate of drug-likeness (QED) is 0.406. The Morgan fingerprint density at radius 1 is 1.00 bits per heavy atom. The van der Waals surface area contributed by atoms with Gasteiger partial charge in [0.05, 0.1) is 30.5 Å². The van der Waals surface area contributed by atoms with Crippen LogP contribution in [0.25, 0.3) is 0 Å². The Morgan fingerprint density at radius 2 is 1.67 bits per heavy atom. The first-order valence-corrected chi connectivity index (χ1v) is 7.30. The van der Waals surface area contributed by atoms with E-state index in [4.69, 9.17) is 9.47 Å². The topological polar surface area (TPSA) is 131 Å². The number of nitro groups is 2. The van der Waals surface area contributed by atoms with Gasteiger partial charge in [-0.2, -0.15) is 4.39 Å². The molecule has 2 rings (SSSR count). The first-order valence-electron chi connectivity index (χ1n) is 7.30. The molecule has 0 fully saturated rings. The molecular formula is C16H13FN2O8. The molecule has 0 saturated carbocycles. The predicted molar refractivity (Wildman–Crippen MR) is 88.5 cm³/mol. The van der Waals surface area contributed by atoms with E-state index in [1.165, 1.54) is 32.4 Å². The zero-order valence-corrected chi connectivity index (χ0v) is 14.1. The van der Waals surface area contributed by atoms with Gasteiger partial charge in [-0.05, 0) is 17.7 Å². The number of carbonyl (C=O) groups excluding carboxylic acids is 1. The Bertz CT molecular complexity index is 916. The maximum absolute atomic E-state index is 13.8. The van der Waals surface area contributed by atoms with E-state index in [9.17, 15) is 29.4 Å². The summed E-state index contributed by atoms with van der Waals surface area (Å²) in [4.78, 5) is 31.2. The molecule has 0 amide bonds. The smallest absolute Gasteiger partial charge is 0.318 e. The van der Waals surface area contributed by atoms with Crippen LogP contribution in [-0.2, 0) is 16.0 Å². The van der Waals surface area contributed by atoms with Gasteiger partial charge in [-0.15, -0.1) is 0 Å². The van der Waals surface area contributed by atoms with Gasteiger partial charge in [0.1, 0.15) is 6.07 Å². The second kappa shape index (κ2) is 8.08. The maximum Gasteiger partial charge on any atom is 0.318 e. The molecule has 0 radical (unpaired) electrons. The number of carbonyl (C=O) groups is 1. The van der Waals surface area contributed by atoms with Gasteiger partial charge in [-0.3, -0.25) is 25.0 Å². The lowest BCUT2D eigenvalue weighted by Crippen LogP contribution is -2.05. The zero-order chi connectivity index (χ0) is 20.1. The second-order valence-corrected chi connectivity index (χ2v) is 5.13. The lowest BCUT2D eigenvalue weighted by molar-refractivity contribution is -0.396. The molecule has 0 N–H and O–H groups in total. The van der Waals surface area contributed by atoms with Crippen molar-refractivity contribution < 1.29 is 33.2 Å². The monoisotopic (exact) mass is 380 g/mol. The van der Waals surface area contributed by atoms with Crippen LogP contribution in [0.3, 0.4) is 0 Å². The van der Waals surface area contributed by atoms with Crippen molar-refractivity contribution in [1.82, 2.24) is 0 Å². The van der Waals surface area contributed by atoms with Gasteiger partial charge in [0.2, 0.25) is 11.6 Å². The number of ether oxygens (including phenoxy) is 3. The lowest BCUT2D eigenvalue weighted by Gasteiger charge is -2.12. The Labute approximate surface area is 151 Å². The summed E-state index contributed by atoms with van der Waals surface area (Å²) in [7, 11) is 2.54. The maximum atomic E-state index is 13.8. The van der Waals surface area contributed by atoms with Crippen LogP contribution < -0.4 is 9.47 Å². The largest absolute Gasteiger partial charge is 0.493 e. The van der Waals surface area contributed by atoms with Crippen molar-refractivity contribution in [2.24, 2.45) is 0 Å².